The lowest BCUT2D eigenvalue weighted by atomic mass is 10.1. The van der Waals surface area contributed by atoms with Gasteiger partial charge in [0.15, 0.2) is 5.82 Å². The lowest BCUT2D eigenvalue weighted by Gasteiger charge is -2.37. The fourth-order valence-corrected chi connectivity index (χ4v) is 6.16. The molecule has 0 atom stereocenters. The van der Waals surface area contributed by atoms with Gasteiger partial charge in [0.2, 0.25) is 0 Å². The number of fused-ring (bicyclic) bond motifs is 3. The Morgan fingerprint density at radius 3 is 2.31 bits per heavy atom. The van der Waals surface area contributed by atoms with Crippen molar-refractivity contribution in [2.75, 3.05) is 36.0 Å². The first-order valence-corrected chi connectivity index (χ1v) is 12.2. The predicted molar refractivity (Wildman–Crippen MR) is 132 cm³/mol. The van der Waals surface area contributed by atoms with Gasteiger partial charge in [-0.25, -0.2) is 9.97 Å². The number of hydrogen-bond acceptors (Lipinski definition) is 6. The molecular formula is C25H23ClN4OS. The number of benzene rings is 2. The maximum Gasteiger partial charge on any atom is 0.163 e. The number of rotatable bonds is 3. The van der Waals surface area contributed by atoms with Gasteiger partial charge in [-0.3, -0.25) is 0 Å². The molecular weight excluding hydrogens is 440 g/mol. The van der Waals surface area contributed by atoms with Gasteiger partial charge >= 0.3 is 0 Å². The zero-order chi connectivity index (χ0) is 21.7. The van der Waals surface area contributed by atoms with Gasteiger partial charge in [0, 0.05) is 47.3 Å². The molecule has 0 bridgehead atoms. The smallest absolute Gasteiger partial charge is 0.163 e. The van der Waals surface area contributed by atoms with E-state index in [2.05, 4.69) is 9.80 Å². The molecule has 1 saturated heterocycles. The Hall–Kier alpha value is -2.83. The Kier molecular flexibility index (Phi) is 4.92. The topological polar surface area (TPSA) is 52.5 Å². The van der Waals surface area contributed by atoms with Gasteiger partial charge in [0.05, 0.1) is 5.39 Å². The van der Waals surface area contributed by atoms with Crippen LogP contribution in [0, 0.1) is 0 Å². The van der Waals surface area contributed by atoms with Crippen LogP contribution in [-0.2, 0) is 12.8 Å². The number of nitrogens with zero attached hydrogens (tertiary/aromatic N) is 4. The van der Waals surface area contributed by atoms with E-state index in [1.54, 1.807) is 12.1 Å². The van der Waals surface area contributed by atoms with Gasteiger partial charge < -0.3 is 14.9 Å². The summed E-state index contributed by atoms with van der Waals surface area (Å²) in [6, 6.07) is 15.3. The molecule has 1 fully saturated rings. The number of hydrogen-bond donors (Lipinski definition) is 1. The second-order valence-corrected chi connectivity index (χ2v) is 9.93. The molecule has 2 aliphatic rings. The molecule has 7 heteroatoms. The summed E-state index contributed by atoms with van der Waals surface area (Å²) in [5.41, 5.74) is 3.60. The van der Waals surface area contributed by atoms with Crippen LogP contribution >= 0.6 is 22.9 Å². The number of thiophene rings is 1. The molecule has 4 aromatic rings. The van der Waals surface area contributed by atoms with Crippen LogP contribution in [0.5, 0.6) is 5.75 Å². The molecule has 2 aromatic heterocycles. The lowest BCUT2D eigenvalue weighted by Crippen LogP contribution is -2.47. The molecule has 0 spiro atoms. The Bertz CT molecular complexity index is 1280. The predicted octanol–water partition coefficient (Wildman–Crippen LogP) is 5.53. The summed E-state index contributed by atoms with van der Waals surface area (Å²) in [7, 11) is 0. The van der Waals surface area contributed by atoms with Crippen LogP contribution in [0.25, 0.3) is 21.6 Å². The summed E-state index contributed by atoms with van der Waals surface area (Å²) >= 11 is 7.94. The first kappa shape index (κ1) is 19.8. The summed E-state index contributed by atoms with van der Waals surface area (Å²) in [6.07, 6.45) is 3.50. The fraction of sp³-hybridized carbons (Fsp3) is 0.280. The summed E-state index contributed by atoms with van der Waals surface area (Å²) in [4.78, 5) is 17.4. The zero-order valence-corrected chi connectivity index (χ0v) is 19.2. The van der Waals surface area contributed by atoms with E-state index in [9.17, 15) is 5.11 Å². The molecule has 1 N–H and O–H groups in total. The summed E-state index contributed by atoms with van der Waals surface area (Å²) in [5, 5.41) is 11.6. The van der Waals surface area contributed by atoms with Crippen LogP contribution in [0.3, 0.4) is 0 Å². The molecule has 1 aliphatic heterocycles. The quantitative estimate of drug-likeness (QED) is 0.433. The van der Waals surface area contributed by atoms with E-state index in [0.29, 0.717) is 5.75 Å². The molecule has 6 rings (SSSR count). The van der Waals surface area contributed by atoms with Crippen molar-refractivity contribution in [3.8, 4) is 17.1 Å². The summed E-state index contributed by atoms with van der Waals surface area (Å²) < 4.78 is 0. The zero-order valence-electron chi connectivity index (χ0n) is 17.6. The van der Waals surface area contributed by atoms with Gasteiger partial charge in [-0.1, -0.05) is 11.6 Å². The van der Waals surface area contributed by atoms with Crippen molar-refractivity contribution in [2.45, 2.75) is 19.3 Å². The minimum Gasteiger partial charge on any atom is -0.508 e. The molecule has 0 radical (unpaired) electrons. The first-order valence-electron chi connectivity index (χ1n) is 11.0. The van der Waals surface area contributed by atoms with Gasteiger partial charge in [0.25, 0.3) is 0 Å². The number of phenols is 1. The number of aromatic hydroxyl groups is 1. The molecule has 162 valence electrons. The average molecular weight is 463 g/mol. The number of piperazine rings is 1. The van der Waals surface area contributed by atoms with E-state index < -0.39 is 0 Å². The highest BCUT2D eigenvalue weighted by molar-refractivity contribution is 7.19. The number of halogens is 1. The minimum atomic E-state index is 0.303. The van der Waals surface area contributed by atoms with Crippen LogP contribution in [0.1, 0.15) is 16.9 Å². The van der Waals surface area contributed by atoms with Crippen molar-refractivity contribution in [2.24, 2.45) is 0 Å². The first-order chi connectivity index (χ1) is 15.7. The standard InChI is InChI=1S/C25H23ClN4OS/c26-17-6-4-16(5-7-17)23-27-24(22-20-2-1-3-21(20)32-25(22)28-23)30-14-12-29(13-15-30)18-8-10-19(31)11-9-18/h4-11,31H,1-3,12-15H2. The van der Waals surface area contributed by atoms with Crippen LogP contribution < -0.4 is 9.80 Å². The van der Waals surface area contributed by atoms with Crippen molar-refractivity contribution < 1.29 is 5.11 Å². The molecule has 0 saturated carbocycles. The summed E-state index contributed by atoms with van der Waals surface area (Å²) in [5.74, 6) is 2.14. The second kappa shape index (κ2) is 7.94. The van der Waals surface area contributed by atoms with Crippen molar-refractivity contribution in [1.82, 2.24) is 9.97 Å². The third-order valence-corrected chi connectivity index (χ3v) is 7.88. The average Bonchev–Trinajstić information content (AvgIpc) is 3.41. The maximum absolute atomic E-state index is 9.59. The fourth-order valence-electron chi connectivity index (χ4n) is 4.77. The van der Waals surface area contributed by atoms with Gasteiger partial charge in [-0.2, -0.15) is 0 Å². The normalized spacial score (nSPS) is 16.0. The molecule has 3 heterocycles. The third-order valence-electron chi connectivity index (χ3n) is 6.44. The second-order valence-electron chi connectivity index (χ2n) is 8.41. The highest BCUT2D eigenvalue weighted by Crippen LogP contribution is 2.42. The van der Waals surface area contributed by atoms with E-state index in [1.807, 2.05) is 47.7 Å². The van der Waals surface area contributed by atoms with Gasteiger partial charge in [-0.15, -0.1) is 11.3 Å². The van der Waals surface area contributed by atoms with E-state index >= 15 is 0 Å². The maximum atomic E-state index is 9.59. The molecule has 0 unspecified atom stereocenters. The van der Waals surface area contributed by atoms with E-state index in [0.717, 1.165) is 71.8 Å². The largest absolute Gasteiger partial charge is 0.508 e. The number of anilines is 2. The van der Waals surface area contributed by atoms with E-state index in [4.69, 9.17) is 21.6 Å². The lowest BCUT2D eigenvalue weighted by molar-refractivity contribution is 0.475. The molecule has 2 aromatic carbocycles. The number of phenolic OH excluding ortho intramolecular Hbond substituents is 1. The number of aryl methyl sites for hydroxylation is 2. The van der Waals surface area contributed by atoms with Crippen LogP contribution in [-0.4, -0.2) is 41.3 Å². The van der Waals surface area contributed by atoms with Crippen molar-refractivity contribution >= 4 is 44.7 Å². The SMILES string of the molecule is Oc1ccc(N2CCN(c3nc(-c4ccc(Cl)cc4)nc4sc5c(c34)CCC5)CC2)cc1. The monoisotopic (exact) mass is 462 g/mol. The minimum absolute atomic E-state index is 0.303. The van der Waals surface area contributed by atoms with Crippen molar-refractivity contribution in [3.63, 3.8) is 0 Å². The van der Waals surface area contributed by atoms with Crippen LogP contribution in [0.4, 0.5) is 11.5 Å². The highest BCUT2D eigenvalue weighted by atomic mass is 35.5. The Balaban J connectivity index is 1.37. The third kappa shape index (κ3) is 3.48. The summed E-state index contributed by atoms with van der Waals surface area (Å²) in [6.45, 7) is 3.63. The Labute approximate surface area is 195 Å². The molecule has 0 amide bonds. The highest BCUT2D eigenvalue weighted by Gasteiger charge is 2.27. The van der Waals surface area contributed by atoms with Crippen LogP contribution in [0.15, 0.2) is 48.5 Å². The molecule has 5 nitrogen and oxygen atoms in total. The Morgan fingerprint density at radius 2 is 1.56 bits per heavy atom. The van der Waals surface area contributed by atoms with Crippen molar-refractivity contribution in [3.05, 3.63) is 64.0 Å². The Morgan fingerprint density at radius 1 is 0.844 bits per heavy atom. The van der Waals surface area contributed by atoms with E-state index in [-0.39, 0.29) is 0 Å². The molecule has 1 aliphatic carbocycles. The van der Waals surface area contributed by atoms with Crippen LogP contribution in [0.2, 0.25) is 5.02 Å². The molecule has 32 heavy (non-hydrogen) atoms. The van der Waals surface area contributed by atoms with Gasteiger partial charge in [-0.05, 0) is 73.4 Å². The van der Waals surface area contributed by atoms with Crippen molar-refractivity contribution in [1.29, 1.82) is 0 Å². The number of aromatic nitrogens is 2. The van der Waals surface area contributed by atoms with E-state index in [1.165, 1.54) is 22.2 Å². The van der Waals surface area contributed by atoms with Gasteiger partial charge in [0.1, 0.15) is 16.4 Å².